The van der Waals surface area contributed by atoms with Gasteiger partial charge >= 0.3 is 6.18 Å². The predicted molar refractivity (Wildman–Crippen MR) is 75.1 cm³/mol. The summed E-state index contributed by atoms with van der Waals surface area (Å²) in [6, 6.07) is 9.94. The van der Waals surface area contributed by atoms with Gasteiger partial charge in [-0.05, 0) is 35.4 Å². The molecule has 0 aliphatic carbocycles. The van der Waals surface area contributed by atoms with Crippen LogP contribution in [-0.4, -0.2) is 0 Å². The molecule has 0 aliphatic heterocycles. The van der Waals surface area contributed by atoms with Gasteiger partial charge in [0.2, 0.25) is 0 Å². The van der Waals surface area contributed by atoms with Crippen LogP contribution in [0.25, 0.3) is 0 Å². The van der Waals surface area contributed by atoms with Gasteiger partial charge in [-0.25, -0.2) is 0 Å². The van der Waals surface area contributed by atoms with Crippen LogP contribution in [0.15, 0.2) is 42.5 Å². The summed E-state index contributed by atoms with van der Waals surface area (Å²) in [6.07, 6.45) is -4.33. The van der Waals surface area contributed by atoms with Gasteiger partial charge in [0.25, 0.3) is 0 Å². The summed E-state index contributed by atoms with van der Waals surface area (Å²) in [4.78, 5) is 0. The lowest BCUT2D eigenvalue weighted by Gasteiger charge is -2.10. The van der Waals surface area contributed by atoms with Crippen LogP contribution in [-0.2, 0) is 19.3 Å². The molecule has 0 amide bonds. The van der Waals surface area contributed by atoms with E-state index in [0.29, 0.717) is 22.9 Å². The standard InChI is InChI=1S/C15H13ClF3NO/c16-14-7-13(6-3-11(14)8-20)21-9-10-1-4-12(5-2-10)15(17,18)19/h1-7H,8-9,20H2. The molecule has 6 heteroatoms. The minimum absolute atomic E-state index is 0.163. The van der Waals surface area contributed by atoms with Gasteiger partial charge < -0.3 is 10.5 Å². The molecular weight excluding hydrogens is 303 g/mol. The molecule has 0 spiro atoms. The number of hydrogen-bond acceptors (Lipinski definition) is 2. The van der Waals surface area contributed by atoms with E-state index < -0.39 is 11.7 Å². The van der Waals surface area contributed by atoms with Gasteiger partial charge in [-0.2, -0.15) is 13.2 Å². The monoisotopic (exact) mass is 315 g/mol. The first-order valence-electron chi connectivity index (χ1n) is 6.17. The van der Waals surface area contributed by atoms with Gasteiger partial charge in [0, 0.05) is 11.6 Å². The van der Waals surface area contributed by atoms with E-state index in [1.807, 2.05) is 0 Å². The Balaban J connectivity index is 2.01. The topological polar surface area (TPSA) is 35.2 Å². The van der Waals surface area contributed by atoms with Crippen molar-refractivity contribution in [2.24, 2.45) is 5.73 Å². The lowest BCUT2D eigenvalue weighted by molar-refractivity contribution is -0.137. The van der Waals surface area contributed by atoms with Gasteiger partial charge in [0.1, 0.15) is 12.4 Å². The summed E-state index contributed by atoms with van der Waals surface area (Å²) in [7, 11) is 0. The molecule has 0 heterocycles. The highest BCUT2D eigenvalue weighted by Crippen LogP contribution is 2.29. The zero-order chi connectivity index (χ0) is 15.5. The minimum atomic E-state index is -4.33. The quantitative estimate of drug-likeness (QED) is 0.907. The molecule has 2 nitrogen and oxygen atoms in total. The van der Waals surface area contributed by atoms with Gasteiger partial charge in [0.15, 0.2) is 0 Å². The second-order valence-corrected chi connectivity index (χ2v) is 4.85. The number of halogens is 4. The number of rotatable bonds is 4. The molecule has 0 bridgehead atoms. The van der Waals surface area contributed by atoms with E-state index >= 15 is 0 Å². The normalized spacial score (nSPS) is 11.5. The molecule has 0 aliphatic rings. The molecule has 112 valence electrons. The number of nitrogens with two attached hydrogens (primary N) is 1. The Morgan fingerprint density at radius 1 is 1.05 bits per heavy atom. The summed E-state index contributed by atoms with van der Waals surface area (Å²) in [5, 5.41) is 0.502. The smallest absolute Gasteiger partial charge is 0.416 e. The molecule has 0 atom stereocenters. The van der Waals surface area contributed by atoms with E-state index in [2.05, 4.69) is 0 Å². The Kier molecular flexibility index (Phi) is 4.75. The average molecular weight is 316 g/mol. The molecule has 0 fully saturated rings. The highest BCUT2D eigenvalue weighted by Gasteiger charge is 2.29. The first-order valence-corrected chi connectivity index (χ1v) is 6.55. The van der Waals surface area contributed by atoms with Crippen molar-refractivity contribution in [1.29, 1.82) is 0 Å². The average Bonchev–Trinajstić information content (AvgIpc) is 2.45. The molecular formula is C15H13ClF3NO. The molecule has 0 saturated carbocycles. The van der Waals surface area contributed by atoms with Crippen molar-refractivity contribution < 1.29 is 17.9 Å². The summed E-state index contributed by atoms with van der Waals surface area (Å²) in [6.45, 7) is 0.494. The maximum atomic E-state index is 12.4. The van der Waals surface area contributed by atoms with Crippen LogP contribution in [0.3, 0.4) is 0 Å². The van der Waals surface area contributed by atoms with Gasteiger partial charge in [-0.15, -0.1) is 0 Å². The van der Waals surface area contributed by atoms with E-state index in [4.69, 9.17) is 22.1 Å². The fraction of sp³-hybridized carbons (Fsp3) is 0.200. The largest absolute Gasteiger partial charge is 0.489 e. The molecule has 21 heavy (non-hydrogen) atoms. The first kappa shape index (κ1) is 15.7. The van der Waals surface area contributed by atoms with Gasteiger partial charge in [0.05, 0.1) is 5.56 Å². The van der Waals surface area contributed by atoms with Crippen molar-refractivity contribution in [2.45, 2.75) is 19.3 Å². The highest BCUT2D eigenvalue weighted by molar-refractivity contribution is 6.31. The van der Waals surface area contributed by atoms with Crippen molar-refractivity contribution in [3.63, 3.8) is 0 Å². The van der Waals surface area contributed by atoms with Crippen molar-refractivity contribution in [3.05, 3.63) is 64.2 Å². The van der Waals surface area contributed by atoms with Gasteiger partial charge in [-0.1, -0.05) is 29.8 Å². The number of alkyl halides is 3. The summed E-state index contributed by atoms with van der Waals surface area (Å²) >= 11 is 6.00. The van der Waals surface area contributed by atoms with Crippen molar-refractivity contribution in [1.82, 2.24) is 0 Å². The Morgan fingerprint density at radius 2 is 1.71 bits per heavy atom. The Labute approximate surface area is 125 Å². The number of ether oxygens (including phenoxy) is 1. The predicted octanol–water partition coefficient (Wildman–Crippen LogP) is 4.40. The Morgan fingerprint density at radius 3 is 2.24 bits per heavy atom. The van der Waals surface area contributed by atoms with E-state index in [1.165, 1.54) is 12.1 Å². The fourth-order valence-corrected chi connectivity index (χ4v) is 1.99. The molecule has 0 radical (unpaired) electrons. The fourth-order valence-electron chi connectivity index (χ4n) is 1.74. The third kappa shape index (κ3) is 4.12. The number of benzene rings is 2. The van der Waals surface area contributed by atoms with Gasteiger partial charge in [-0.3, -0.25) is 0 Å². The zero-order valence-corrected chi connectivity index (χ0v) is 11.7. The third-order valence-electron chi connectivity index (χ3n) is 2.93. The molecule has 2 aromatic rings. The van der Waals surface area contributed by atoms with Crippen molar-refractivity contribution in [2.75, 3.05) is 0 Å². The Bertz CT molecular complexity index is 611. The highest BCUT2D eigenvalue weighted by atomic mass is 35.5. The van der Waals surface area contributed by atoms with Crippen LogP contribution >= 0.6 is 11.6 Å². The van der Waals surface area contributed by atoms with Crippen LogP contribution in [0.1, 0.15) is 16.7 Å². The number of hydrogen-bond donors (Lipinski definition) is 1. The van der Waals surface area contributed by atoms with Crippen LogP contribution in [0.4, 0.5) is 13.2 Å². The van der Waals surface area contributed by atoms with Crippen LogP contribution < -0.4 is 10.5 Å². The molecule has 2 aromatic carbocycles. The summed E-state index contributed by atoms with van der Waals surface area (Å²) < 4.78 is 42.8. The molecule has 0 saturated heterocycles. The van der Waals surface area contributed by atoms with Crippen LogP contribution in [0.5, 0.6) is 5.75 Å². The van der Waals surface area contributed by atoms with E-state index in [0.717, 1.165) is 17.7 Å². The van der Waals surface area contributed by atoms with Crippen molar-refractivity contribution >= 4 is 11.6 Å². The Hall–Kier alpha value is -1.72. The minimum Gasteiger partial charge on any atom is -0.489 e. The van der Waals surface area contributed by atoms with Crippen LogP contribution in [0.2, 0.25) is 5.02 Å². The molecule has 0 unspecified atom stereocenters. The van der Waals surface area contributed by atoms with E-state index in [-0.39, 0.29) is 6.61 Å². The third-order valence-corrected chi connectivity index (χ3v) is 3.28. The second-order valence-electron chi connectivity index (χ2n) is 4.44. The molecule has 2 rings (SSSR count). The second kappa shape index (κ2) is 6.37. The first-order chi connectivity index (χ1) is 9.90. The zero-order valence-electron chi connectivity index (χ0n) is 11.0. The van der Waals surface area contributed by atoms with Crippen molar-refractivity contribution in [3.8, 4) is 5.75 Å². The van der Waals surface area contributed by atoms with Crippen LogP contribution in [0, 0.1) is 0 Å². The SMILES string of the molecule is NCc1ccc(OCc2ccc(C(F)(F)F)cc2)cc1Cl. The van der Waals surface area contributed by atoms with E-state index in [1.54, 1.807) is 18.2 Å². The summed E-state index contributed by atoms with van der Waals surface area (Å²) in [5.41, 5.74) is 6.26. The molecule has 0 aromatic heterocycles. The lowest BCUT2D eigenvalue weighted by atomic mass is 10.1. The maximum Gasteiger partial charge on any atom is 0.416 e. The maximum absolute atomic E-state index is 12.4. The molecule has 2 N–H and O–H groups in total. The summed E-state index contributed by atoms with van der Waals surface area (Å²) in [5.74, 6) is 0.539. The lowest BCUT2D eigenvalue weighted by Crippen LogP contribution is -2.05. The van der Waals surface area contributed by atoms with E-state index in [9.17, 15) is 13.2 Å².